The van der Waals surface area contributed by atoms with E-state index in [4.69, 9.17) is 0 Å². The van der Waals surface area contributed by atoms with Crippen LogP contribution in [0, 0.1) is 0 Å². The Bertz CT molecular complexity index is 1240. The molecule has 0 bridgehead atoms. The first kappa shape index (κ1) is 50.1. The number of benzene rings is 2. The van der Waals surface area contributed by atoms with Crippen molar-refractivity contribution >= 4 is 11.1 Å². The summed E-state index contributed by atoms with van der Waals surface area (Å²) in [7, 11) is 0. The minimum atomic E-state index is 0.281. The molecule has 2 rings (SSSR count). The zero-order valence-corrected chi connectivity index (χ0v) is 34.7. The Hall–Kier alpha value is -3.32. The van der Waals surface area contributed by atoms with E-state index in [1.54, 1.807) is 0 Å². The van der Waals surface area contributed by atoms with Crippen molar-refractivity contribution in [3.8, 4) is 0 Å². The number of allylic oxidation sites excluding steroid dienone is 8. The first-order chi connectivity index (χ1) is 23.3. The second kappa shape index (κ2) is 31.9. The molecule has 0 saturated carbocycles. The molecule has 0 fully saturated rings. The predicted octanol–water partition coefficient (Wildman–Crippen LogP) is 15.6. The number of rotatable bonds is 14. The lowest BCUT2D eigenvalue weighted by molar-refractivity contribution is 0.589. The van der Waals surface area contributed by atoms with Gasteiger partial charge in [0.25, 0.3) is 0 Å². The van der Waals surface area contributed by atoms with E-state index in [1.165, 1.54) is 109 Å². The van der Waals surface area contributed by atoms with Crippen LogP contribution in [0.1, 0.15) is 169 Å². The van der Waals surface area contributed by atoms with Gasteiger partial charge in [0, 0.05) is 0 Å². The standard InChI is InChI=1S/C19H26.C13H20.C12H22.C2H5N.C2H6/c1-6-8-10-16(5)19-14-18(15(3)4)13-12-17(19)11-9-7-2;1-5-7-11-8-6-9-12(10-11)13(2,3)4;1-5-8-10-12(7-3)11(4)9-6-2;1-2-3;1-2/h6,8,10,12-14H,3,7,9,11H2,1-2,4-5H3;6,8-10H,5,7H2,1-4H3;7H,3,5-6,8-10H2,1-2,4H3;2H,1,3H2;1-2H3/b8-6-,16-10+;;12-11+;;. The maximum Gasteiger partial charge on any atom is -0.0132 e. The third-order valence-corrected chi connectivity index (χ3v) is 7.92. The molecule has 0 saturated heterocycles. The Kier molecular flexibility index (Phi) is 32.6. The fourth-order valence-electron chi connectivity index (χ4n) is 5.00. The molecule has 0 heterocycles. The Morgan fingerprint density at radius 1 is 0.796 bits per heavy atom. The van der Waals surface area contributed by atoms with E-state index < -0.39 is 0 Å². The van der Waals surface area contributed by atoms with Crippen molar-refractivity contribution in [2.75, 3.05) is 0 Å². The highest BCUT2D eigenvalue weighted by Gasteiger charge is 2.13. The average Bonchev–Trinajstić information content (AvgIpc) is 3.08. The molecule has 2 aromatic rings. The smallest absolute Gasteiger partial charge is 0.0132 e. The Labute approximate surface area is 307 Å². The van der Waals surface area contributed by atoms with Crippen molar-refractivity contribution in [2.24, 2.45) is 5.73 Å². The topological polar surface area (TPSA) is 26.0 Å². The number of nitrogens with two attached hydrogens (primary N) is 1. The highest BCUT2D eigenvalue weighted by atomic mass is 14.5. The molecular weight excluding hydrogens is 591 g/mol. The van der Waals surface area contributed by atoms with Gasteiger partial charge >= 0.3 is 0 Å². The number of aryl methyl sites for hydroxylation is 2. The lowest BCUT2D eigenvalue weighted by Gasteiger charge is -2.19. The second-order valence-electron chi connectivity index (χ2n) is 13.4. The quantitative estimate of drug-likeness (QED) is 0.199. The van der Waals surface area contributed by atoms with Gasteiger partial charge in [-0.25, -0.2) is 0 Å². The molecular formula is C48H79N. The van der Waals surface area contributed by atoms with Gasteiger partial charge in [-0.15, -0.1) is 0 Å². The molecule has 0 amide bonds. The molecule has 0 radical (unpaired) electrons. The van der Waals surface area contributed by atoms with Gasteiger partial charge in [-0.3, -0.25) is 0 Å². The third-order valence-electron chi connectivity index (χ3n) is 7.92. The summed E-state index contributed by atoms with van der Waals surface area (Å²) in [4.78, 5) is 0. The normalized spacial score (nSPS) is 11.2. The van der Waals surface area contributed by atoms with E-state index in [0.717, 1.165) is 12.0 Å². The molecule has 0 aliphatic heterocycles. The van der Waals surface area contributed by atoms with Crippen molar-refractivity contribution < 1.29 is 0 Å². The summed E-state index contributed by atoms with van der Waals surface area (Å²) in [6, 6.07) is 15.7. The van der Waals surface area contributed by atoms with E-state index in [9.17, 15) is 0 Å². The molecule has 0 atom stereocenters. The van der Waals surface area contributed by atoms with Crippen LogP contribution in [0.5, 0.6) is 0 Å². The minimum absolute atomic E-state index is 0.281. The van der Waals surface area contributed by atoms with Crippen LogP contribution in [0.2, 0.25) is 0 Å². The van der Waals surface area contributed by atoms with Gasteiger partial charge in [0.05, 0.1) is 0 Å². The van der Waals surface area contributed by atoms with E-state index in [-0.39, 0.29) is 5.41 Å². The van der Waals surface area contributed by atoms with Crippen LogP contribution >= 0.6 is 0 Å². The second-order valence-corrected chi connectivity index (χ2v) is 13.4. The van der Waals surface area contributed by atoms with Crippen LogP contribution in [-0.2, 0) is 18.3 Å². The molecule has 1 heteroatoms. The molecule has 0 aliphatic rings. The lowest BCUT2D eigenvalue weighted by Crippen LogP contribution is -2.11. The summed E-state index contributed by atoms with van der Waals surface area (Å²) in [5, 5.41) is 0. The van der Waals surface area contributed by atoms with Gasteiger partial charge in [-0.1, -0.05) is 180 Å². The Balaban J connectivity index is -0.000000624. The monoisotopic (exact) mass is 670 g/mol. The van der Waals surface area contributed by atoms with Crippen molar-refractivity contribution in [2.45, 2.75) is 160 Å². The maximum absolute atomic E-state index is 4.61. The highest BCUT2D eigenvalue weighted by molar-refractivity contribution is 5.73. The van der Waals surface area contributed by atoms with Crippen molar-refractivity contribution in [1.82, 2.24) is 0 Å². The van der Waals surface area contributed by atoms with E-state index in [0.29, 0.717) is 0 Å². The van der Waals surface area contributed by atoms with Crippen LogP contribution < -0.4 is 5.73 Å². The number of hydrogen-bond donors (Lipinski definition) is 1. The van der Waals surface area contributed by atoms with Gasteiger partial charge in [0.1, 0.15) is 0 Å². The molecule has 0 aliphatic carbocycles. The van der Waals surface area contributed by atoms with Gasteiger partial charge in [-0.05, 0) is 123 Å². The van der Waals surface area contributed by atoms with Crippen LogP contribution in [0.15, 0.2) is 104 Å². The Morgan fingerprint density at radius 2 is 1.41 bits per heavy atom. The Morgan fingerprint density at radius 3 is 1.88 bits per heavy atom. The molecule has 0 unspecified atom stereocenters. The first-order valence-electron chi connectivity index (χ1n) is 19.1. The number of unbranched alkanes of at least 4 members (excludes halogenated alkanes) is 2. The fourth-order valence-corrected chi connectivity index (χ4v) is 5.00. The summed E-state index contributed by atoms with van der Waals surface area (Å²) in [6.07, 6.45) is 22.0. The van der Waals surface area contributed by atoms with Crippen molar-refractivity contribution in [1.29, 1.82) is 0 Å². The molecule has 0 aromatic heterocycles. The largest absolute Gasteiger partial charge is 0.405 e. The van der Waals surface area contributed by atoms with E-state index in [2.05, 4.69) is 155 Å². The molecule has 1 nitrogen and oxygen atoms in total. The summed E-state index contributed by atoms with van der Waals surface area (Å²) < 4.78 is 0. The lowest BCUT2D eigenvalue weighted by atomic mass is 9.86. The van der Waals surface area contributed by atoms with Crippen molar-refractivity contribution in [3.05, 3.63) is 132 Å². The SMILES string of the molecule is C=C(C)c1ccc(CCCC)c(/C(C)=C/C=C\C)c1.C=C/C(CCCC)=C(/C)CCC.C=CN.CC.CCCc1cccc(C(C)(C)C)c1. The van der Waals surface area contributed by atoms with Gasteiger partial charge in [0.2, 0.25) is 0 Å². The molecule has 49 heavy (non-hydrogen) atoms. The maximum atomic E-state index is 4.61. The molecule has 2 aromatic carbocycles. The highest BCUT2D eigenvalue weighted by Crippen LogP contribution is 2.26. The summed E-state index contributed by atoms with van der Waals surface area (Å²) in [5.41, 5.74) is 17.3. The van der Waals surface area contributed by atoms with Crippen LogP contribution in [0.25, 0.3) is 11.1 Å². The summed E-state index contributed by atoms with van der Waals surface area (Å²) in [5.74, 6) is 0. The van der Waals surface area contributed by atoms with Gasteiger partial charge in [0.15, 0.2) is 0 Å². The van der Waals surface area contributed by atoms with Crippen molar-refractivity contribution in [3.63, 3.8) is 0 Å². The van der Waals surface area contributed by atoms with Crippen LogP contribution in [0.3, 0.4) is 0 Å². The molecule has 0 spiro atoms. The summed E-state index contributed by atoms with van der Waals surface area (Å²) >= 11 is 0. The third kappa shape index (κ3) is 24.5. The minimum Gasteiger partial charge on any atom is -0.405 e. The van der Waals surface area contributed by atoms with Crippen LogP contribution in [0.4, 0.5) is 0 Å². The predicted molar refractivity (Wildman–Crippen MR) is 230 cm³/mol. The zero-order chi connectivity index (χ0) is 38.3. The molecule has 2 N–H and O–H groups in total. The zero-order valence-electron chi connectivity index (χ0n) is 34.7. The average molecular weight is 670 g/mol. The number of hydrogen-bond acceptors (Lipinski definition) is 1. The fraction of sp³-hybridized carbons (Fsp3) is 0.500. The first-order valence-corrected chi connectivity index (χ1v) is 19.1. The van der Waals surface area contributed by atoms with Crippen LogP contribution in [-0.4, -0.2) is 0 Å². The summed E-state index contributed by atoms with van der Waals surface area (Å²) in [6.45, 7) is 39.3. The van der Waals surface area contributed by atoms with Gasteiger partial charge < -0.3 is 5.73 Å². The molecule has 276 valence electrons. The van der Waals surface area contributed by atoms with E-state index in [1.807, 2.05) is 26.8 Å². The van der Waals surface area contributed by atoms with Gasteiger partial charge in [-0.2, -0.15) is 0 Å². The van der Waals surface area contributed by atoms with E-state index >= 15 is 0 Å².